The Kier molecular flexibility index (Phi) is 3.38. The van der Waals surface area contributed by atoms with Crippen molar-refractivity contribution in [2.24, 2.45) is 0 Å². The number of piperidine rings is 1. The number of rotatable bonds is 4. The second-order valence-electron chi connectivity index (χ2n) is 5.76. The summed E-state index contributed by atoms with van der Waals surface area (Å²) in [4.78, 5) is 24.1. The van der Waals surface area contributed by atoms with E-state index in [1.165, 1.54) is 5.06 Å². The number of aromatic nitrogens is 2. The van der Waals surface area contributed by atoms with Gasteiger partial charge in [-0.2, -0.15) is 10.0 Å². The lowest BCUT2D eigenvalue weighted by atomic mass is 10.0. The smallest absolute Gasteiger partial charge is 0.345 e. The minimum atomic E-state index is -0.228. The van der Waals surface area contributed by atoms with Crippen LogP contribution < -0.4 is 5.73 Å². The van der Waals surface area contributed by atoms with Crippen molar-refractivity contribution in [3.05, 3.63) is 41.8 Å². The molecule has 4 rings (SSSR count). The van der Waals surface area contributed by atoms with E-state index in [0.717, 1.165) is 18.4 Å². The van der Waals surface area contributed by atoms with Crippen LogP contribution in [0.15, 0.2) is 34.9 Å². The molecule has 8 heteroatoms. The summed E-state index contributed by atoms with van der Waals surface area (Å²) in [5, 5.41) is 5.08. The molecule has 120 valence electrons. The van der Waals surface area contributed by atoms with Crippen molar-refractivity contribution in [3.8, 4) is 0 Å². The zero-order valence-corrected chi connectivity index (χ0v) is 12.5. The second-order valence-corrected chi connectivity index (χ2v) is 5.76. The molecule has 23 heavy (non-hydrogen) atoms. The molecule has 0 spiro atoms. The van der Waals surface area contributed by atoms with Crippen LogP contribution in [0.3, 0.4) is 0 Å². The first-order valence-corrected chi connectivity index (χ1v) is 7.58. The number of carbonyl (C=O) groups excluding carboxylic acids is 1. The zero-order chi connectivity index (χ0) is 15.8. The molecular weight excluding hydrogens is 298 g/mol. The van der Waals surface area contributed by atoms with Gasteiger partial charge in [0.05, 0.1) is 6.04 Å². The summed E-state index contributed by atoms with van der Waals surface area (Å²) < 4.78 is 5.13. The van der Waals surface area contributed by atoms with Crippen LogP contribution in [0.2, 0.25) is 0 Å². The summed E-state index contributed by atoms with van der Waals surface area (Å²) in [5.41, 5.74) is 6.53. The number of hydrogen-bond donors (Lipinski definition) is 1. The quantitative estimate of drug-likeness (QED) is 0.922. The van der Waals surface area contributed by atoms with E-state index in [0.29, 0.717) is 19.0 Å². The molecule has 2 bridgehead atoms. The van der Waals surface area contributed by atoms with Gasteiger partial charge in [0.15, 0.2) is 0 Å². The topological polar surface area (TPSA) is 97.7 Å². The SMILES string of the molecule is Nc1noc([C@@H]2CC[C@@H]3CN2C(=O)N3OCc2ccccc2)n1. The summed E-state index contributed by atoms with van der Waals surface area (Å²) in [6.07, 6.45) is 1.58. The third-order valence-corrected chi connectivity index (χ3v) is 4.28. The van der Waals surface area contributed by atoms with E-state index in [4.69, 9.17) is 15.1 Å². The Balaban J connectivity index is 1.47. The van der Waals surface area contributed by atoms with Crippen LogP contribution in [0.5, 0.6) is 0 Å². The molecule has 2 aliphatic heterocycles. The molecule has 0 radical (unpaired) electrons. The number of nitrogens with zero attached hydrogens (tertiary/aromatic N) is 4. The highest BCUT2D eigenvalue weighted by Gasteiger charge is 2.47. The van der Waals surface area contributed by atoms with E-state index in [-0.39, 0.29) is 24.1 Å². The van der Waals surface area contributed by atoms with E-state index >= 15 is 0 Å². The van der Waals surface area contributed by atoms with E-state index in [1.807, 2.05) is 30.3 Å². The van der Waals surface area contributed by atoms with Gasteiger partial charge in [0, 0.05) is 6.54 Å². The zero-order valence-electron chi connectivity index (χ0n) is 12.5. The van der Waals surface area contributed by atoms with E-state index in [1.54, 1.807) is 4.90 Å². The Morgan fingerprint density at radius 2 is 2.13 bits per heavy atom. The normalized spacial score (nSPS) is 23.6. The minimum Gasteiger partial charge on any atom is -0.365 e. The average Bonchev–Trinajstić information content (AvgIpc) is 3.11. The van der Waals surface area contributed by atoms with Crippen molar-refractivity contribution < 1.29 is 14.2 Å². The summed E-state index contributed by atoms with van der Waals surface area (Å²) >= 11 is 0. The number of carbonyl (C=O) groups is 1. The highest BCUT2D eigenvalue weighted by atomic mass is 16.7. The second kappa shape index (κ2) is 5.54. The number of nitrogens with two attached hydrogens (primary N) is 1. The largest absolute Gasteiger partial charge is 0.365 e. The Bertz CT molecular complexity index is 704. The molecule has 2 N–H and O–H groups in total. The van der Waals surface area contributed by atoms with Crippen molar-refractivity contribution >= 4 is 12.0 Å². The van der Waals surface area contributed by atoms with Gasteiger partial charge in [0.25, 0.3) is 11.8 Å². The first-order chi connectivity index (χ1) is 11.2. The van der Waals surface area contributed by atoms with Crippen molar-refractivity contribution in [3.63, 3.8) is 0 Å². The first-order valence-electron chi connectivity index (χ1n) is 7.58. The van der Waals surface area contributed by atoms with Gasteiger partial charge >= 0.3 is 6.03 Å². The average molecular weight is 315 g/mol. The molecule has 3 heterocycles. The summed E-state index contributed by atoms with van der Waals surface area (Å²) in [7, 11) is 0. The Morgan fingerprint density at radius 1 is 1.30 bits per heavy atom. The minimum absolute atomic E-state index is 0.0581. The van der Waals surface area contributed by atoms with Crippen LogP contribution in [0.1, 0.15) is 30.3 Å². The first kappa shape index (κ1) is 14.0. The van der Waals surface area contributed by atoms with Crippen molar-refractivity contribution in [1.82, 2.24) is 20.1 Å². The molecule has 0 saturated carbocycles. The van der Waals surface area contributed by atoms with Gasteiger partial charge in [-0.25, -0.2) is 4.79 Å². The summed E-state index contributed by atoms with van der Waals surface area (Å²) in [6, 6.07) is 9.45. The Hall–Kier alpha value is -2.61. The number of hydrogen-bond acceptors (Lipinski definition) is 6. The third-order valence-electron chi connectivity index (χ3n) is 4.28. The molecule has 0 unspecified atom stereocenters. The molecule has 1 aromatic heterocycles. The van der Waals surface area contributed by atoms with Crippen LogP contribution in [-0.4, -0.2) is 38.7 Å². The maximum Gasteiger partial charge on any atom is 0.345 e. The lowest BCUT2D eigenvalue weighted by Gasteiger charge is -2.27. The van der Waals surface area contributed by atoms with Crippen molar-refractivity contribution in [2.45, 2.75) is 31.5 Å². The van der Waals surface area contributed by atoms with Gasteiger partial charge < -0.3 is 15.2 Å². The predicted octanol–water partition coefficient (Wildman–Crippen LogP) is 1.72. The Labute approximate surface area is 132 Å². The maximum atomic E-state index is 12.6. The fourth-order valence-corrected chi connectivity index (χ4v) is 3.16. The number of benzene rings is 1. The fourth-order valence-electron chi connectivity index (χ4n) is 3.16. The number of amides is 2. The van der Waals surface area contributed by atoms with Gasteiger partial charge in [-0.3, -0.25) is 4.84 Å². The summed E-state index contributed by atoms with van der Waals surface area (Å²) in [5.74, 6) is 0.477. The standard InChI is InChI=1S/C15H17N5O3/c16-14-17-13(23-18-14)12-7-6-11-8-19(12)15(21)20(11)22-9-10-4-2-1-3-5-10/h1-5,11-12H,6-9H2,(H2,16,18)/t11-,12+/m1/s1. The molecule has 2 fully saturated rings. The lowest BCUT2D eigenvalue weighted by molar-refractivity contribution is -0.140. The Morgan fingerprint density at radius 3 is 2.87 bits per heavy atom. The number of nitrogen functional groups attached to an aromatic ring is 1. The number of urea groups is 1. The molecule has 0 aliphatic carbocycles. The van der Waals surface area contributed by atoms with E-state index in [2.05, 4.69) is 10.1 Å². The van der Waals surface area contributed by atoms with Gasteiger partial charge in [0.1, 0.15) is 12.6 Å². The van der Waals surface area contributed by atoms with Gasteiger partial charge in [-0.1, -0.05) is 30.3 Å². The fraction of sp³-hybridized carbons (Fsp3) is 0.400. The third kappa shape index (κ3) is 2.50. The predicted molar refractivity (Wildman–Crippen MR) is 79.6 cm³/mol. The van der Waals surface area contributed by atoms with Crippen LogP contribution in [0.25, 0.3) is 0 Å². The van der Waals surface area contributed by atoms with Crippen LogP contribution in [0, 0.1) is 0 Å². The number of fused-ring (bicyclic) bond motifs is 2. The molecule has 2 amide bonds. The van der Waals surface area contributed by atoms with Gasteiger partial charge in [0.2, 0.25) is 0 Å². The highest BCUT2D eigenvalue weighted by Crippen LogP contribution is 2.38. The molecule has 8 nitrogen and oxygen atoms in total. The lowest BCUT2D eigenvalue weighted by Crippen LogP contribution is -2.34. The molecule has 2 aliphatic rings. The molecule has 2 aromatic rings. The number of hydroxylamine groups is 2. The maximum absolute atomic E-state index is 12.6. The van der Waals surface area contributed by atoms with E-state index in [9.17, 15) is 4.79 Å². The molecule has 1 aromatic carbocycles. The van der Waals surface area contributed by atoms with Crippen LogP contribution in [0.4, 0.5) is 10.7 Å². The summed E-state index contributed by atoms with van der Waals surface area (Å²) in [6.45, 7) is 0.968. The van der Waals surface area contributed by atoms with Crippen LogP contribution >= 0.6 is 0 Å². The van der Waals surface area contributed by atoms with Gasteiger partial charge in [-0.15, -0.1) is 0 Å². The van der Waals surface area contributed by atoms with Crippen molar-refractivity contribution in [1.29, 1.82) is 0 Å². The highest BCUT2D eigenvalue weighted by molar-refractivity contribution is 5.77. The molecule has 2 saturated heterocycles. The molecule has 2 atom stereocenters. The number of anilines is 1. The van der Waals surface area contributed by atoms with Crippen LogP contribution in [-0.2, 0) is 11.4 Å². The van der Waals surface area contributed by atoms with Crippen molar-refractivity contribution in [2.75, 3.05) is 12.3 Å². The monoisotopic (exact) mass is 315 g/mol. The van der Waals surface area contributed by atoms with E-state index < -0.39 is 0 Å². The van der Waals surface area contributed by atoms with Gasteiger partial charge in [-0.05, 0) is 23.6 Å². The molecular formula is C15H17N5O3.